The van der Waals surface area contributed by atoms with Gasteiger partial charge in [0.25, 0.3) is 11.5 Å². The molecule has 22 heavy (non-hydrogen) atoms. The standard InChI is InChI=1S/C13H15N5O4/c1-8-12(20)14-13(17-15-8)18-16-11(19)7-22-10-5-3-9(21-2)4-6-10/h3-6H,7H2,1-2H3,(H,16,19)(H2,14,17,18,20). The molecule has 0 aliphatic heterocycles. The van der Waals surface area contributed by atoms with E-state index in [1.807, 2.05) is 0 Å². The van der Waals surface area contributed by atoms with Crippen LogP contribution >= 0.6 is 0 Å². The van der Waals surface area contributed by atoms with Gasteiger partial charge in [0.2, 0.25) is 5.95 Å². The molecule has 9 heteroatoms. The molecule has 0 aliphatic carbocycles. The molecule has 3 N–H and O–H groups in total. The average Bonchev–Trinajstić information content (AvgIpc) is 2.54. The van der Waals surface area contributed by atoms with Crippen LogP contribution in [0.1, 0.15) is 5.69 Å². The van der Waals surface area contributed by atoms with Gasteiger partial charge in [0, 0.05) is 0 Å². The topological polar surface area (TPSA) is 118 Å². The van der Waals surface area contributed by atoms with E-state index < -0.39 is 5.91 Å². The average molecular weight is 305 g/mol. The Balaban J connectivity index is 1.79. The third-order valence-corrected chi connectivity index (χ3v) is 2.61. The molecule has 0 fully saturated rings. The first-order chi connectivity index (χ1) is 10.6. The fourth-order valence-corrected chi connectivity index (χ4v) is 1.44. The maximum atomic E-state index is 11.6. The van der Waals surface area contributed by atoms with Crippen LogP contribution in [0, 0.1) is 6.92 Å². The first kappa shape index (κ1) is 15.3. The number of carbonyl (C=O) groups excluding carboxylic acids is 1. The van der Waals surface area contributed by atoms with Gasteiger partial charge in [-0.3, -0.25) is 25.4 Å². The lowest BCUT2D eigenvalue weighted by Gasteiger charge is -2.09. The lowest BCUT2D eigenvalue weighted by atomic mass is 10.3. The van der Waals surface area contributed by atoms with Crippen LogP contribution in [-0.2, 0) is 4.79 Å². The maximum absolute atomic E-state index is 11.6. The van der Waals surface area contributed by atoms with Crippen molar-refractivity contribution in [2.24, 2.45) is 0 Å². The van der Waals surface area contributed by atoms with E-state index in [-0.39, 0.29) is 23.8 Å². The number of benzene rings is 1. The first-order valence-corrected chi connectivity index (χ1v) is 6.34. The number of hydrogen-bond donors (Lipinski definition) is 3. The molecular weight excluding hydrogens is 290 g/mol. The summed E-state index contributed by atoms with van der Waals surface area (Å²) in [4.78, 5) is 25.3. The fourth-order valence-electron chi connectivity index (χ4n) is 1.44. The summed E-state index contributed by atoms with van der Waals surface area (Å²) in [7, 11) is 1.56. The van der Waals surface area contributed by atoms with Crippen molar-refractivity contribution in [3.63, 3.8) is 0 Å². The van der Waals surface area contributed by atoms with E-state index in [1.54, 1.807) is 31.4 Å². The molecule has 0 radical (unpaired) electrons. The third-order valence-electron chi connectivity index (χ3n) is 2.61. The number of amides is 1. The second-order valence-electron chi connectivity index (χ2n) is 4.23. The van der Waals surface area contributed by atoms with Gasteiger partial charge in [0.1, 0.15) is 17.2 Å². The lowest BCUT2D eigenvalue weighted by molar-refractivity contribution is -0.122. The Bertz CT molecular complexity index is 698. The molecule has 0 bridgehead atoms. The number of hydrazine groups is 1. The van der Waals surface area contributed by atoms with Crippen molar-refractivity contribution < 1.29 is 14.3 Å². The molecule has 0 unspecified atom stereocenters. The number of aromatic amines is 1. The molecule has 116 valence electrons. The molecule has 1 aromatic carbocycles. The number of nitrogens with zero attached hydrogens (tertiary/aromatic N) is 2. The Morgan fingerprint density at radius 3 is 2.55 bits per heavy atom. The van der Waals surface area contributed by atoms with E-state index in [2.05, 4.69) is 26.0 Å². The van der Waals surface area contributed by atoms with Crippen LogP contribution in [0.2, 0.25) is 0 Å². The molecule has 1 heterocycles. The van der Waals surface area contributed by atoms with Crippen LogP contribution < -0.4 is 25.9 Å². The van der Waals surface area contributed by atoms with Crippen molar-refractivity contribution in [1.29, 1.82) is 0 Å². The quantitative estimate of drug-likeness (QED) is 0.643. The number of H-pyrrole nitrogens is 1. The Morgan fingerprint density at radius 2 is 1.91 bits per heavy atom. The third kappa shape index (κ3) is 4.20. The van der Waals surface area contributed by atoms with Gasteiger partial charge < -0.3 is 9.47 Å². The predicted molar refractivity (Wildman–Crippen MR) is 77.6 cm³/mol. The number of rotatable bonds is 6. The summed E-state index contributed by atoms with van der Waals surface area (Å²) >= 11 is 0. The SMILES string of the molecule is COc1ccc(OCC(=O)NNc2nnc(C)c(=O)[nH]2)cc1. The van der Waals surface area contributed by atoms with E-state index in [0.29, 0.717) is 11.5 Å². The van der Waals surface area contributed by atoms with Crippen molar-refractivity contribution in [1.82, 2.24) is 20.6 Å². The molecule has 0 atom stereocenters. The number of nitrogens with one attached hydrogen (secondary N) is 3. The number of carbonyl (C=O) groups is 1. The van der Waals surface area contributed by atoms with Crippen LogP contribution in [0.25, 0.3) is 0 Å². The van der Waals surface area contributed by atoms with Crippen molar-refractivity contribution in [3.8, 4) is 11.5 Å². The van der Waals surface area contributed by atoms with Crippen LogP contribution in [0.15, 0.2) is 29.1 Å². The van der Waals surface area contributed by atoms with Gasteiger partial charge in [0.15, 0.2) is 6.61 Å². The molecule has 1 aromatic heterocycles. The van der Waals surface area contributed by atoms with Crippen molar-refractivity contribution in [2.45, 2.75) is 6.92 Å². The van der Waals surface area contributed by atoms with Gasteiger partial charge in [-0.1, -0.05) is 0 Å². The number of hydrogen-bond acceptors (Lipinski definition) is 7. The predicted octanol–water partition coefficient (Wildman–Crippen LogP) is 0.00402. The summed E-state index contributed by atoms with van der Waals surface area (Å²) in [5, 5.41) is 7.28. The molecule has 2 rings (SSSR count). The largest absolute Gasteiger partial charge is 0.497 e. The molecule has 2 aromatic rings. The van der Waals surface area contributed by atoms with E-state index in [1.165, 1.54) is 6.92 Å². The first-order valence-electron chi connectivity index (χ1n) is 6.34. The van der Waals surface area contributed by atoms with Crippen LogP contribution in [-0.4, -0.2) is 34.8 Å². The molecule has 0 saturated carbocycles. The Morgan fingerprint density at radius 1 is 1.23 bits per heavy atom. The summed E-state index contributed by atoms with van der Waals surface area (Å²) in [6.07, 6.45) is 0. The van der Waals surface area contributed by atoms with Crippen molar-refractivity contribution in [2.75, 3.05) is 19.1 Å². The van der Waals surface area contributed by atoms with Gasteiger partial charge in [-0.15, -0.1) is 10.2 Å². The number of aromatic nitrogens is 3. The maximum Gasteiger partial charge on any atom is 0.276 e. The zero-order valence-corrected chi connectivity index (χ0v) is 12.0. The van der Waals surface area contributed by atoms with Crippen molar-refractivity contribution in [3.05, 3.63) is 40.3 Å². The number of ether oxygens (including phenoxy) is 2. The zero-order chi connectivity index (χ0) is 15.9. The molecule has 0 saturated heterocycles. The summed E-state index contributed by atoms with van der Waals surface area (Å²) < 4.78 is 10.3. The van der Waals surface area contributed by atoms with E-state index in [4.69, 9.17) is 9.47 Å². The second-order valence-corrected chi connectivity index (χ2v) is 4.23. The minimum atomic E-state index is -0.445. The molecular formula is C13H15N5O4. The fraction of sp³-hybridized carbons (Fsp3) is 0.231. The second kappa shape index (κ2) is 7.07. The van der Waals surface area contributed by atoms with E-state index >= 15 is 0 Å². The highest BCUT2D eigenvalue weighted by Crippen LogP contribution is 2.16. The minimum absolute atomic E-state index is 0.0356. The highest BCUT2D eigenvalue weighted by atomic mass is 16.5. The smallest absolute Gasteiger partial charge is 0.276 e. The highest BCUT2D eigenvalue weighted by molar-refractivity contribution is 5.78. The lowest BCUT2D eigenvalue weighted by Crippen LogP contribution is -2.35. The van der Waals surface area contributed by atoms with E-state index in [0.717, 1.165) is 0 Å². The zero-order valence-electron chi connectivity index (χ0n) is 12.0. The van der Waals surface area contributed by atoms with E-state index in [9.17, 15) is 9.59 Å². The van der Waals surface area contributed by atoms with Gasteiger partial charge in [0.05, 0.1) is 7.11 Å². The number of aryl methyl sites for hydroxylation is 1. The Labute approximate surface area is 125 Å². The summed E-state index contributed by atoms with van der Waals surface area (Å²) in [5.74, 6) is 0.812. The van der Waals surface area contributed by atoms with Crippen LogP contribution in [0.4, 0.5) is 5.95 Å². The molecule has 0 spiro atoms. The van der Waals surface area contributed by atoms with Gasteiger partial charge in [-0.25, -0.2) is 0 Å². The van der Waals surface area contributed by atoms with Gasteiger partial charge in [-0.2, -0.15) is 0 Å². The minimum Gasteiger partial charge on any atom is -0.497 e. The Kier molecular flexibility index (Phi) is 4.91. The summed E-state index contributed by atoms with van der Waals surface area (Å²) in [6, 6.07) is 6.81. The normalized spacial score (nSPS) is 9.91. The number of anilines is 1. The Hall–Kier alpha value is -3.10. The molecule has 9 nitrogen and oxygen atoms in total. The van der Waals surface area contributed by atoms with Crippen LogP contribution in [0.3, 0.4) is 0 Å². The highest BCUT2D eigenvalue weighted by Gasteiger charge is 2.04. The van der Waals surface area contributed by atoms with Gasteiger partial charge in [-0.05, 0) is 31.2 Å². The molecule has 1 amide bonds. The molecule has 0 aliphatic rings. The number of methoxy groups -OCH3 is 1. The monoisotopic (exact) mass is 305 g/mol. The van der Waals surface area contributed by atoms with Gasteiger partial charge >= 0.3 is 0 Å². The summed E-state index contributed by atoms with van der Waals surface area (Å²) in [5.41, 5.74) is 4.61. The van der Waals surface area contributed by atoms with Crippen molar-refractivity contribution >= 4 is 11.9 Å². The van der Waals surface area contributed by atoms with Crippen LogP contribution in [0.5, 0.6) is 11.5 Å². The summed E-state index contributed by atoms with van der Waals surface area (Å²) in [6.45, 7) is 1.32.